The van der Waals surface area contributed by atoms with E-state index in [0.29, 0.717) is 6.20 Å². The minimum absolute atomic E-state index is 0.0153. The van der Waals surface area contributed by atoms with Gasteiger partial charge in [-0.15, -0.1) is 0 Å². The lowest BCUT2D eigenvalue weighted by molar-refractivity contribution is -0.138. The van der Waals surface area contributed by atoms with Crippen LogP contribution in [0, 0.1) is 0 Å². The molecule has 0 saturated carbocycles. The van der Waals surface area contributed by atoms with Crippen LogP contribution in [0.2, 0.25) is 5.02 Å². The van der Waals surface area contributed by atoms with Gasteiger partial charge in [0.1, 0.15) is 5.82 Å². The Morgan fingerprint density at radius 1 is 0.824 bits per heavy atom. The first-order valence-corrected chi connectivity index (χ1v) is 10.1. The number of benzene rings is 2. The number of nitrogens with one attached hydrogen (secondary N) is 3. The van der Waals surface area contributed by atoms with E-state index in [1.807, 2.05) is 0 Å². The Kier molecular flexibility index (Phi) is 7.55. The number of pyridine rings is 1. The van der Waals surface area contributed by atoms with E-state index in [1.165, 1.54) is 18.2 Å². The first kappa shape index (κ1) is 25.2. The van der Waals surface area contributed by atoms with Gasteiger partial charge >= 0.3 is 12.4 Å². The van der Waals surface area contributed by atoms with E-state index >= 15 is 0 Å². The summed E-state index contributed by atoms with van der Waals surface area (Å²) in [6, 6.07) is 11.5. The highest BCUT2D eigenvalue weighted by Gasteiger charge is 2.32. The number of aromatic nitrogens is 1. The molecule has 5 nitrogen and oxygen atoms in total. The summed E-state index contributed by atoms with van der Waals surface area (Å²) in [5, 5.41) is 7.85. The minimum Gasteiger partial charge on any atom is -0.382 e. The molecule has 0 aliphatic rings. The summed E-state index contributed by atoms with van der Waals surface area (Å²) in [7, 11) is 0. The predicted molar refractivity (Wildman–Crippen MR) is 117 cm³/mol. The quantitative estimate of drug-likeness (QED) is 0.253. The molecule has 3 N–H and O–H groups in total. The van der Waals surface area contributed by atoms with Gasteiger partial charge in [0.15, 0.2) is 0 Å². The summed E-state index contributed by atoms with van der Waals surface area (Å²) in [5.74, 6) is -0.580. The molecule has 3 rings (SSSR count). The van der Waals surface area contributed by atoms with Gasteiger partial charge in [-0.2, -0.15) is 26.3 Å². The van der Waals surface area contributed by atoms with E-state index in [4.69, 9.17) is 11.6 Å². The van der Waals surface area contributed by atoms with Crippen LogP contribution in [0.1, 0.15) is 21.5 Å². The Balaban J connectivity index is 1.69. The summed E-state index contributed by atoms with van der Waals surface area (Å²) in [6.07, 6.45) is -8.56. The topological polar surface area (TPSA) is 66.1 Å². The second kappa shape index (κ2) is 10.2. The fraction of sp³-hybridized carbons (Fsp3) is 0.182. The van der Waals surface area contributed by atoms with E-state index in [-0.39, 0.29) is 40.9 Å². The second-order valence-electron chi connectivity index (χ2n) is 6.98. The van der Waals surface area contributed by atoms with Crippen LogP contribution in [0.5, 0.6) is 0 Å². The minimum atomic E-state index is -4.61. The molecule has 1 amide bonds. The number of alkyl halides is 6. The molecule has 0 radical (unpaired) electrons. The molecular weight excluding hydrogens is 486 g/mol. The maximum absolute atomic E-state index is 13.2. The first-order chi connectivity index (χ1) is 15.9. The van der Waals surface area contributed by atoms with Crippen molar-refractivity contribution in [2.45, 2.75) is 12.4 Å². The highest BCUT2D eigenvalue weighted by molar-refractivity contribution is 6.33. The Morgan fingerprint density at radius 3 is 2.09 bits per heavy atom. The lowest BCUT2D eigenvalue weighted by Crippen LogP contribution is -2.18. The zero-order valence-corrected chi connectivity index (χ0v) is 17.9. The van der Waals surface area contributed by atoms with Gasteiger partial charge in [-0.1, -0.05) is 29.8 Å². The van der Waals surface area contributed by atoms with Crippen molar-refractivity contribution in [3.8, 4) is 0 Å². The lowest BCUT2D eigenvalue weighted by atomic mass is 10.1. The van der Waals surface area contributed by atoms with Gasteiger partial charge in [-0.05, 0) is 36.4 Å². The average Bonchev–Trinajstić information content (AvgIpc) is 2.77. The molecule has 0 fully saturated rings. The number of halogens is 7. The highest BCUT2D eigenvalue weighted by atomic mass is 35.5. The van der Waals surface area contributed by atoms with Crippen LogP contribution in [-0.2, 0) is 12.4 Å². The van der Waals surface area contributed by atoms with Gasteiger partial charge in [0.05, 0.1) is 27.5 Å². The maximum Gasteiger partial charge on any atom is 0.417 e. The van der Waals surface area contributed by atoms with Crippen molar-refractivity contribution in [1.29, 1.82) is 0 Å². The van der Waals surface area contributed by atoms with Crippen LogP contribution in [0.4, 0.5) is 43.5 Å². The average molecular weight is 503 g/mol. The number of hydrogen-bond acceptors (Lipinski definition) is 4. The third-order valence-electron chi connectivity index (χ3n) is 4.53. The van der Waals surface area contributed by atoms with Gasteiger partial charge in [-0.25, -0.2) is 4.98 Å². The third-order valence-corrected chi connectivity index (χ3v) is 4.82. The van der Waals surface area contributed by atoms with E-state index in [9.17, 15) is 31.1 Å². The van der Waals surface area contributed by atoms with E-state index in [0.717, 1.165) is 18.2 Å². The summed E-state index contributed by atoms with van der Waals surface area (Å²) < 4.78 is 77.6. The van der Waals surface area contributed by atoms with Crippen molar-refractivity contribution in [1.82, 2.24) is 4.98 Å². The highest BCUT2D eigenvalue weighted by Crippen LogP contribution is 2.35. The van der Waals surface area contributed by atoms with E-state index < -0.39 is 29.4 Å². The molecule has 0 saturated heterocycles. The van der Waals surface area contributed by atoms with Crippen LogP contribution >= 0.6 is 11.6 Å². The van der Waals surface area contributed by atoms with Crippen molar-refractivity contribution in [3.05, 3.63) is 82.5 Å². The molecule has 3 aromatic rings. The van der Waals surface area contributed by atoms with Gasteiger partial charge in [-0.3, -0.25) is 4.79 Å². The number of amides is 1. The normalized spacial score (nSPS) is 11.7. The molecule has 0 atom stereocenters. The number of carbonyl (C=O) groups excluding carboxylic acids is 1. The number of carbonyl (C=O) groups is 1. The lowest BCUT2D eigenvalue weighted by Gasteiger charge is -2.17. The number of nitrogens with zero attached hydrogens (tertiary/aromatic N) is 1. The van der Waals surface area contributed by atoms with Crippen molar-refractivity contribution >= 4 is 34.7 Å². The summed E-state index contributed by atoms with van der Waals surface area (Å²) >= 11 is 5.83. The Labute approximate surface area is 195 Å². The molecule has 0 bridgehead atoms. The number of hydrogen-bond donors (Lipinski definition) is 3. The van der Waals surface area contributed by atoms with Crippen LogP contribution in [0.15, 0.2) is 60.8 Å². The van der Waals surface area contributed by atoms with Crippen LogP contribution < -0.4 is 16.0 Å². The smallest absolute Gasteiger partial charge is 0.382 e. The molecule has 12 heteroatoms. The van der Waals surface area contributed by atoms with Crippen molar-refractivity contribution < 1.29 is 31.1 Å². The Morgan fingerprint density at radius 2 is 1.47 bits per heavy atom. The Bertz CT molecular complexity index is 1150. The predicted octanol–water partition coefficient (Wildman–Crippen LogP) is 6.55. The van der Waals surface area contributed by atoms with Crippen LogP contribution in [0.25, 0.3) is 0 Å². The third kappa shape index (κ3) is 6.53. The van der Waals surface area contributed by atoms with Crippen molar-refractivity contribution in [3.63, 3.8) is 0 Å². The van der Waals surface area contributed by atoms with Crippen molar-refractivity contribution in [2.75, 3.05) is 29.0 Å². The molecule has 0 unspecified atom stereocenters. The fourth-order valence-corrected chi connectivity index (χ4v) is 3.10. The summed E-state index contributed by atoms with van der Waals surface area (Å²) in [5.41, 5.74) is -1.56. The largest absolute Gasteiger partial charge is 0.417 e. The summed E-state index contributed by atoms with van der Waals surface area (Å²) in [6.45, 7) is 0.240. The molecule has 1 aromatic heterocycles. The summed E-state index contributed by atoms with van der Waals surface area (Å²) in [4.78, 5) is 16.1. The Hall–Kier alpha value is -3.47. The molecule has 2 aromatic carbocycles. The van der Waals surface area contributed by atoms with Crippen molar-refractivity contribution in [2.24, 2.45) is 0 Å². The van der Waals surface area contributed by atoms with Gasteiger partial charge in [0.2, 0.25) is 0 Å². The van der Waals surface area contributed by atoms with Gasteiger partial charge < -0.3 is 16.0 Å². The maximum atomic E-state index is 13.2. The zero-order chi connectivity index (χ0) is 24.9. The first-order valence-electron chi connectivity index (χ1n) is 9.73. The molecule has 0 aliphatic heterocycles. The fourth-order valence-electron chi connectivity index (χ4n) is 2.86. The molecule has 0 spiro atoms. The monoisotopic (exact) mass is 502 g/mol. The molecular formula is C22H17ClF6N4O. The molecule has 1 heterocycles. The van der Waals surface area contributed by atoms with Crippen LogP contribution in [-0.4, -0.2) is 24.0 Å². The van der Waals surface area contributed by atoms with Gasteiger partial charge in [0, 0.05) is 24.8 Å². The molecule has 180 valence electrons. The molecule has 0 aliphatic carbocycles. The van der Waals surface area contributed by atoms with Gasteiger partial charge in [0.25, 0.3) is 5.91 Å². The number of rotatable bonds is 7. The second-order valence-corrected chi connectivity index (χ2v) is 7.39. The molecule has 34 heavy (non-hydrogen) atoms. The van der Waals surface area contributed by atoms with E-state index in [1.54, 1.807) is 18.2 Å². The number of anilines is 3. The van der Waals surface area contributed by atoms with Crippen LogP contribution in [0.3, 0.4) is 0 Å². The van der Waals surface area contributed by atoms with E-state index in [2.05, 4.69) is 20.9 Å². The zero-order valence-electron chi connectivity index (χ0n) is 17.2. The standard InChI is InChI=1S/C22H17ClF6N4O/c23-16-10-15(22(27,28)29)12-32-19(16)31-9-8-30-17-7-6-14(21(24,25)26)11-18(17)33-20(34)13-4-2-1-3-5-13/h1-7,10-12,30H,8-9H2,(H,31,32)(H,33,34). The SMILES string of the molecule is O=C(Nc1cc(C(F)(F)F)ccc1NCCNc1ncc(C(F)(F)F)cc1Cl)c1ccccc1.